The summed E-state index contributed by atoms with van der Waals surface area (Å²) >= 11 is 5.81. The number of benzene rings is 2. The van der Waals surface area contributed by atoms with Crippen molar-refractivity contribution in [3.05, 3.63) is 57.6 Å². The van der Waals surface area contributed by atoms with Crippen LogP contribution in [-0.2, 0) is 0 Å². The molecule has 2 amide bonds. The summed E-state index contributed by atoms with van der Waals surface area (Å²) in [4.78, 5) is 24.3. The van der Waals surface area contributed by atoms with Crippen molar-refractivity contribution in [2.24, 2.45) is 0 Å². The summed E-state index contributed by atoms with van der Waals surface area (Å²) in [6.07, 6.45) is 0. The number of nitro benzene ring substituents is 1. The van der Waals surface area contributed by atoms with Crippen LogP contribution in [-0.4, -0.2) is 24.1 Å². The van der Waals surface area contributed by atoms with Gasteiger partial charge in [0.15, 0.2) is 0 Å². The lowest BCUT2D eigenvalue weighted by Gasteiger charge is -2.29. The van der Waals surface area contributed by atoms with Crippen molar-refractivity contribution >= 4 is 34.7 Å². The maximum absolute atomic E-state index is 12.5. The molecule has 3 rings (SSSR count). The lowest BCUT2D eigenvalue weighted by molar-refractivity contribution is -0.384. The highest BCUT2D eigenvalue weighted by Gasteiger charge is 2.26. The van der Waals surface area contributed by atoms with E-state index < -0.39 is 11.0 Å². The van der Waals surface area contributed by atoms with Gasteiger partial charge in [-0.2, -0.15) is 0 Å². The van der Waals surface area contributed by atoms with Crippen LogP contribution in [0.5, 0.6) is 5.75 Å². The minimum atomic E-state index is -0.510. The van der Waals surface area contributed by atoms with Gasteiger partial charge in [0.25, 0.3) is 5.69 Å². The van der Waals surface area contributed by atoms with E-state index in [1.807, 2.05) is 0 Å². The Bertz CT molecular complexity index is 764. The molecule has 1 aliphatic rings. The molecule has 8 heteroatoms. The molecule has 0 bridgehead atoms. The Morgan fingerprint density at radius 3 is 2.70 bits per heavy atom. The van der Waals surface area contributed by atoms with E-state index in [-0.39, 0.29) is 5.69 Å². The molecule has 23 heavy (non-hydrogen) atoms. The normalized spacial score (nSPS) is 13.0. The van der Waals surface area contributed by atoms with Crippen LogP contribution in [0.4, 0.5) is 21.9 Å². The fourth-order valence-electron chi connectivity index (χ4n) is 2.25. The van der Waals surface area contributed by atoms with Crippen LogP contribution in [0.15, 0.2) is 42.5 Å². The van der Waals surface area contributed by atoms with Crippen molar-refractivity contribution < 1.29 is 14.5 Å². The summed E-state index contributed by atoms with van der Waals surface area (Å²) in [6, 6.07) is 10.5. The van der Waals surface area contributed by atoms with Crippen molar-refractivity contribution in [3.8, 4) is 5.75 Å². The quantitative estimate of drug-likeness (QED) is 0.671. The van der Waals surface area contributed by atoms with Gasteiger partial charge >= 0.3 is 6.03 Å². The zero-order valence-electron chi connectivity index (χ0n) is 11.9. The van der Waals surface area contributed by atoms with Gasteiger partial charge in [0.1, 0.15) is 12.4 Å². The zero-order chi connectivity index (χ0) is 16.4. The van der Waals surface area contributed by atoms with Crippen molar-refractivity contribution in [2.45, 2.75) is 0 Å². The second-order valence-corrected chi connectivity index (χ2v) is 5.28. The average Bonchev–Trinajstić information content (AvgIpc) is 2.55. The van der Waals surface area contributed by atoms with Gasteiger partial charge in [-0.15, -0.1) is 0 Å². The Morgan fingerprint density at radius 1 is 1.26 bits per heavy atom. The molecular formula is C15H12ClN3O4. The first kappa shape index (κ1) is 15.1. The van der Waals surface area contributed by atoms with E-state index in [9.17, 15) is 14.9 Å². The van der Waals surface area contributed by atoms with Gasteiger partial charge in [-0.1, -0.05) is 11.6 Å². The number of anilines is 2. The highest BCUT2D eigenvalue weighted by atomic mass is 35.5. The maximum Gasteiger partial charge on any atom is 0.326 e. The minimum absolute atomic E-state index is 0.0986. The molecule has 0 aromatic heterocycles. The smallest absolute Gasteiger partial charge is 0.326 e. The van der Waals surface area contributed by atoms with Crippen molar-refractivity contribution in [2.75, 3.05) is 23.4 Å². The van der Waals surface area contributed by atoms with Crippen LogP contribution in [0.2, 0.25) is 5.02 Å². The second-order valence-electron chi connectivity index (χ2n) is 4.85. The van der Waals surface area contributed by atoms with E-state index in [1.54, 1.807) is 24.3 Å². The molecule has 0 radical (unpaired) electrons. The van der Waals surface area contributed by atoms with Crippen molar-refractivity contribution in [1.82, 2.24) is 0 Å². The van der Waals surface area contributed by atoms with Crippen LogP contribution in [0.1, 0.15) is 0 Å². The molecular weight excluding hydrogens is 322 g/mol. The zero-order valence-corrected chi connectivity index (χ0v) is 12.6. The largest absolute Gasteiger partial charge is 0.490 e. The number of carbonyl (C=O) groups excluding carboxylic acids is 1. The number of hydrogen-bond donors (Lipinski definition) is 1. The molecule has 2 aromatic rings. The molecule has 0 atom stereocenters. The van der Waals surface area contributed by atoms with Gasteiger partial charge in [0, 0.05) is 22.8 Å². The fraction of sp³-hybridized carbons (Fsp3) is 0.133. The molecule has 1 aliphatic heterocycles. The predicted molar refractivity (Wildman–Crippen MR) is 86.4 cm³/mol. The number of non-ortho nitro benzene ring substituents is 1. The fourth-order valence-corrected chi connectivity index (χ4v) is 2.38. The number of halogens is 1. The van der Waals surface area contributed by atoms with Gasteiger partial charge in [-0.25, -0.2) is 4.79 Å². The Balaban J connectivity index is 1.86. The number of rotatable bonds is 2. The second kappa shape index (κ2) is 6.13. The van der Waals surface area contributed by atoms with E-state index in [0.717, 1.165) is 0 Å². The molecule has 2 aromatic carbocycles. The SMILES string of the molecule is O=C(Nc1ccc(Cl)cc1)N1CCOc2ccc([N+](=O)[O-])cc21. The van der Waals surface area contributed by atoms with Crippen LogP contribution in [0.3, 0.4) is 0 Å². The molecule has 0 spiro atoms. The number of nitro groups is 1. The summed E-state index contributed by atoms with van der Waals surface area (Å²) in [5.41, 5.74) is 0.855. The van der Waals surface area contributed by atoms with Crippen LogP contribution in [0.25, 0.3) is 0 Å². The predicted octanol–water partition coefficient (Wildman–Crippen LogP) is 3.68. The van der Waals surface area contributed by atoms with Gasteiger partial charge in [0.05, 0.1) is 17.2 Å². The first-order valence-corrected chi connectivity index (χ1v) is 7.18. The van der Waals surface area contributed by atoms with Crippen LogP contribution < -0.4 is 15.0 Å². The molecule has 118 valence electrons. The monoisotopic (exact) mass is 333 g/mol. The topological polar surface area (TPSA) is 84.7 Å². The summed E-state index contributed by atoms with van der Waals surface area (Å²) in [7, 11) is 0. The molecule has 1 N–H and O–H groups in total. The summed E-state index contributed by atoms with van der Waals surface area (Å²) in [5.74, 6) is 0.438. The van der Waals surface area contributed by atoms with Crippen molar-refractivity contribution in [3.63, 3.8) is 0 Å². The van der Waals surface area contributed by atoms with Crippen LogP contribution in [0, 0.1) is 10.1 Å². The highest BCUT2D eigenvalue weighted by Crippen LogP contribution is 2.35. The number of urea groups is 1. The van der Waals surface area contributed by atoms with Crippen molar-refractivity contribution in [1.29, 1.82) is 0 Å². The number of ether oxygens (including phenoxy) is 1. The first-order chi connectivity index (χ1) is 11.0. The number of carbonyl (C=O) groups is 1. The molecule has 0 fully saturated rings. The maximum atomic E-state index is 12.5. The Kier molecular flexibility index (Phi) is 4.03. The third-order valence-corrected chi connectivity index (χ3v) is 3.61. The highest BCUT2D eigenvalue weighted by molar-refractivity contribution is 6.30. The Morgan fingerprint density at radius 2 is 2.00 bits per heavy atom. The third kappa shape index (κ3) is 3.19. The minimum Gasteiger partial charge on any atom is -0.490 e. The standard InChI is InChI=1S/C15H12ClN3O4/c16-10-1-3-11(4-2-10)17-15(20)18-7-8-23-14-6-5-12(19(21)22)9-13(14)18/h1-6,9H,7-8H2,(H,17,20). The summed E-state index contributed by atoms with van der Waals surface area (Å²) in [5, 5.41) is 14.2. The first-order valence-electron chi connectivity index (χ1n) is 6.80. The third-order valence-electron chi connectivity index (χ3n) is 3.36. The molecule has 7 nitrogen and oxygen atoms in total. The van der Waals surface area contributed by atoms with E-state index in [0.29, 0.717) is 35.3 Å². The molecule has 0 saturated heterocycles. The lowest BCUT2D eigenvalue weighted by atomic mass is 10.2. The van der Waals surface area contributed by atoms with E-state index >= 15 is 0 Å². The number of hydrogen-bond acceptors (Lipinski definition) is 4. The number of amides is 2. The molecule has 0 saturated carbocycles. The molecule has 0 aliphatic carbocycles. The number of nitrogens with zero attached hydrogens (tertiary/aromatic N) is 2. The summed E-state index contributed by atoms with van der Waals surface area (Å²) < 4.78 is 5.44. The lowest BCUT2D eigenvalue weighted by Crippen LogP contribution is -2.40. The Hall–Kier alpha value is -2.80. The Labute approximate surface area is 136 Å². The van der Waals surface area contributed by atoms with Crippen LogP contribution >= 0.6 is 11.6 Å². The van der Waals surface area contributed by atoms with Gasteiger partial charge < -0.3 is 10.1 Å². The van der Waals surface area contributed by atoms with Gasteiger partial charge in [-0.05, 0) is 30.3 Å². The van der Waals surface area contributed by atoms with Gasteiger partial charge in [0.2, 0.25) is 0 Å². The number of nitrogens with one attached hydrogen (secondary N) is 1. The number of fused-ring (bicyclic) bond motifs is 1. The molecule has 0 unspecified atom stereocenters. The average molecular weight is 334 g/mol. The van der Waals surface area contributed by atoms with E-state index in [1.165, 1.54) is 23.1 Å². The van der Waals surface area contributed by atoms with E-state index in [2.05, 4.69) is 5.32 Å². The molecule has 1 heterocycles. The van der Waals surface area contributed by atoms with E-state index in [4.69, 9.17) is 16.3 Å². The van der Waals surface area contributed by atoms with Gasteiger partial charge in [-0.3, -0.25) is 15.0 Å². The summed E-state index contributed by atoms with van der Waals surface area (Å²) in [6.45, 7) is 0.617.